The quantitative estimate of drug-likeness (QED) is 0.746. The van der Waals surface area contributed by atoms with E-state index < -0.39 is 30.3 Å². The molecule has 0 spiro atoms. The molecule has 0 aromatic rings. The van der Waals surface area contributed by atoms with Crippen molar-refractivity contribution in [3.63, 3.8) is 0 Å². The van der Waals surface area contributed by atoms with Crippen LogP contribution in [0.25, 0.3) is 0 Å². The zero-order valence-corrected chi connectivity index (χ0v) is 10.4. The van der Waals surface area contributed by atoms with Gasteiger partial charge in [0.05, 0.1) is 19.8 Å². The molecule has 8 heteroatoms. The number of aliphatic carboxylic acids is 1. The van der Waals surface area contributed by atoms with Gasteiger partial charge in [-0.15, -0.1) is 0 Å². The number of halogens is 1. The molecule has 2 saturated heterocycles. The first kappa shape index (κ1) is 14.0. The Hall–Kier alpha value is -1.41. The first-order valence-corrected chi connectivity index (χ1v) is 6.13. The van der Waals surface area contributed by atoms with Crippen molar-refractivity contribution < 1.29 is 28.9 Å². The van der Waals surface area contributed by atoms with Crippen LogP contribution in [0.5, 0.6) is 0 Å². The highest BCUT2D eigenvalue weighted by molar-refractivity contribution is 5.80. The minimum absolute atomic E-state index is 0.0456. The Morgan fingerprint density at radius 3 is 2.42 bits per heavy atom. The molecule has 1 amide bonds. The molecule has 2 rings (SSSR count). The minimum atomic E-state index is -1.81. The third kappa shape index (κ3) is 3.13. The summed E-state index contributed by atoms with van der Waals surface area (Å²) in [6, 6.07) is -1.30. The molecule has 2 aliphatic heterocycles. The first-order valence-electron chi connectivity index (χ1n) is 6.13. The van der Waals surface area contributed by atoms with Crippen molar-refractivity contribution in [2.24, 2.45) is 0 Å². The number of alkyl halides is 1. The van der Waals surface area contributed by atoms with Crippen LogP contribution >= 0.6 is 0 Å². The number of hydrogen-bond donors (Lipinski definition) is 2. The standard InChI is InChI=1S/C11H17FN2O5/c12-11(6-13-1-3-19-4-2-13)5-8(9(15)16)14(7-11)10(17)18/h8H,1-7H2,(H,15,16)(H,17,18)/t8-,11+/m0/s1. The summed E-state index contributed by atoms with van der Waals surface area (Å²) < 4.78 is 19.8. The zero-order valence-electron chi connectivity index (χ0n) is 10.4. The van der Waals surface area contributed by atoms with Gasteiger partial charge in [0.25, 0.3) is 0 Å². The van der Waals surface area contributed by atoms with E-state index in [0.717, 1.165) is 0 Å². The molecule has 7 nitrogen and oxygen atoms in total. The SMILES string of the molecule is O=C(O)[C@@H]1C[C@@](F)(CN2CCOCC2)CN1C(=O)O. The van der Waals surface area contributed by atoms with Crippen LogP contribution in [0.1, 0.15) is 6.42 Å². The Morgan fingerprint density at radius 2 is 1.95 bits per heavy atom. The number of rotatable bonds is 3. The predicted octanol–water partition coefficient (Wildman–Crippen LogP) is -0.136. The van der Waals surface area contributed by atoms with E-state index in [0.29, 0.717) is 31.2 Å². The van der Waals surface area contributed by atoms with Gasteiger partial charge in [0.1, 0.15) is 11.7 Å². The zero-order chi connectivity index (χ0) is 14.0. The van der Waals surface area contributed by atoms with E-state index in [-0.39, 0.29) is 13.0 Å². The van der Waals surface area contributed by atoms with Crippen LogP contribution in [-0.4, -0.2) is 83.2 Å². The Balaban J connectivity index is 2.03. The highest BCUT2D eigenvalue weighted by Crippen LogP contribution is 2.32. The fourth-order valence-corrected chi connectivity index (χ4v) is 2.63. The van der Waals surface area contributed by atoms with Gasteiger partial charge in [0.2, 0.25) is 0 Å². The van der Waals surface area contributed by atoms with Crippen LogP contribution in [-0.2, 0) is 9.53 Å². The highest BCUT2D eigenvalue weighted by atomic mass is 19.1. The smallest absolute Gasteiger partial charge is 0.408 e. The van der Waals surface area contributed by atoms with Gasteiger partial charge in [0.15, 0.2) is 0 Å². The molecular formula is C11H17FN2O5. The number of morpholine rings is 1. The van der Waals surface area contributed by atoms with E-state index in [1.165, 1.54) is 0 Å². The molecule has 0 aliphatic carbocycles. The molecule has 2 aliphatic rings. The largest absolute Gasteiger partial charge is 0.480 e. The molecule has 2 N–H and O–H groups in total. The van der Waals surface area contributed by atoms with Crippen molar-refractivity contribution in [2.45, 2.75) is 18.1 Å². The van der Waals surface area contributed by atoms with Crippen molar-refractivity contribution in [1.82, 2.24) is 9.80 Å². The molecule has 2 heterocycles. The molecule has 0 aromatic carbocycles. The molecule has 0 saturated carbocycles. The predicted molar refractivity (Wildman–Crippen MR) is 61.9 cm³/mol. The summed E-state index contributed by atoms with van der Waals surface area (Å²) in [5, 5.41) is 17.9. The number of amides is 1. The molecule has 0 unspecified atom stereocenters. The maximum atomic E-state index is 14.7. The van der Waals surface area contributed by atoms with Crippen LogP contribution in [0.2, 0.25) is 0 Å². The number of hydrogen-bond acceptors (Lipinski definition) is 4. The second kappa shape index (κ2) is 5.30. The van der Waals surface area contributed by atoms with Gasteiger partial charge in [-0.3, -0.25) is 9.80 Å². The van der Waals surface area contributed by atoms with Crippen LogP contribution in [0.15, 0.2) is 0 Å². The summed E-state index contributed by atoms with van der Waals surface area (Å²) in [5.41, 5.74) is -1.81. The Bertz CT molecular complexity index is 350. The van der Waals surface area contributed by atoms with Gasteiger partial charge in [-0.2, -0.15) is 0 Å². The molecule has 108 valence electrons. The van der Waals surface area contributed by atoms with Gasteiger partial charge in [0, 0.05) is 26.1 Å². The molecule has 0 bridgehead atoms. The van der Waals surface area contributed by atoms with Gasteiger partial charge in [-0.25, -0.2) is 14.0 Å². The lowest BCUT2D eigenvalue weighted by Crippen LogP contribution is -2.46. The third-order valence-electron chi connectivity index (χ3n) is 3.53. The number of carbonyl (C=O) groups is 2. The van der Waals surface area contributed by atoms with Gasteiger partial charge >= 0.3 is 12.1 Å². The molecule has 0 radical (unpaired) electrons. The van der Waals surface area contributed by atoms with Gasteiger partial charge in [-0.1, -0.05) is 0 Å². The van der Waals surface area contributed by atoms with Crippen molar-refractivity contribution in [3.8, 4) is 0 Å². The number of likely N-dealkylation sites (tertiary alicyclic amines) is 1. The normalized spacial score (nSPS) is 32.5. The maximum Gasteiger partial charge on any atom is 0.408 e. The number of ether oxygens (including phenoxy) is 1. The Labute approximate surface area is 109 Å². The fraction of sp³-hybridized carbons (Fsp3) is 0.818. The fourth-order valence-electron chi connectivity index (χ4n) is 2.63. The lowest BCUT2D eigenvalue weighted by atomic mass is 10.0. The monoisotopic (exact) mass is 276 g/mol. The summed E-state index contributed by atoms with van der Waals surface area (Å²) in [6.07, 6.45) is -1.69. The Morgan fingerprint density at radius 1 is 1.32 bits per heavy atom. The summed E-state index contributed by atoms with van der Waals surface area (Å²) in [6.45, 7) is 1.84. The van der Waals surface area contributed by atoms with Crippen molar-refractivity contribution in [3.05, 3.63) is 0 Å². The van der Waals surface area contributed by atoms with Crippen molar-refractivity contribution in [1.29, 1.82) is 0 Å². The van der Waals surface area contributed by atoms with E-state index in [1.807, 2.05) is 4.90 Å². The van der Waals surface area contributed by atoms with Gasteiger partial charge < -0.3 is 14.9 Å². The topological polar surface area (TPSA) is 90.3 Å². The molecule has 2 fully saturated rings. The lowest BCUT2D eigenvalue weighted by molar-refractivity contribution is -0.141. The summed E-state index contributed by atoms with van der Waals surface area (Å²) >= 11 is 0. The third-order valence-corrected chi connectivity index (χ3v) is 3.53. The Kier molecular flexibility index (Phi) is 3.91. The van der Waals surface area contributed by atoms with E-state index in [2.05, 4.69) is 0 Å². The number of carboxylic acid groups (broad SMARTS) is 2. The van der Waals surface area contributed by atoms with Crippen LogP contribution in [0.3, 0.4) is 0 Å². The minimum Gasteiger partial charge on any atom is -0.480 e. The van der Waals surface area contributed by atoms with Gasteiger partial charge in [-0.05, 0) is 0 Å². The second-order valence-corrected chi connectivity index (χ2v) is 5.01. The second-order valence-electron chi connectivity index (χ2n) is 5.01. The highest BCUT2D eigenvalue weighted by Gasteiger charge is 2.50. The average molecular weight is 276 g/mol. The van der Waals surface area contributed by atoms with Crippen molar-refractivity contribution in [2.75, 3.05) is 39.4 Å². The molecule has 19 heavy (non-hydrogen) atoms. The van der Waals surface area contributed by atoms with E-state index in [1.54, 1.807) is 0 Å². The van der Waals surface area contributed by atoms with Crippen LogP contribution in [0, 0.1) is 0 Å². The lowest BCUT2D eigenvalue weighted by Gasteiger charge is -2.31. The van der Waals surface area contributed by atoms with E-state index in [4.69, 9.17) is 14.9 Å². The molecule has 0 aromatic heterocycles. The number of nitrogens with zero attached hydrogens (tertiary/aromatic N) is 2. The first-order chi connectivity index (χ1) is 8.91. The summed E-state index contributed by atoms with van der Waals surface area (Å²) in [7, 11) is 0. The molecule has 2 atom stereocenters. The molecular weight excluding hydrogens is 259 g/mol. The average Bonchev–Trinajstić information content (AvgIpc) is 2.69. The van der Waals surface area contributed by atoms with E-state index in [9.17, 15) is 14.0 Å². The van der Waals surface area contributed by atoms with E-state index >= 15 is 0 Å². The van der Waals surface area contributed by atoms with Crippen LogP contribution in [0.4, 0.5) is 9.18 Å². The van der Waals surface area contributed by atoms with Crippen LogP contribution < -0.4 is 0 Å². The maximum absolute atomic E-state index is 14.7. The summed E-state index contributed by atoms with van der Waals surface area (Å²) in [4.78, 5) is 24.5. The number of carboxylic acids is 1. The van der Waals surface area contributed by atoms with Crippen molar-refractivity contribution >= 4 is 12.1 Å². The summed E-state index contributed by atoms with van der Waals surface area (Å²) in [5.74, 6) is -1.30.